The molecule has 4 aromatic rings. The first kappa shape index (κ1) is 38.5. The van der Waals surface area contributed by atoms with Gasteiger partial charge in [0.25, 0.3) is 0 Å². The number of carbonyl (C=O) groups is 1. The predicted molar refractivity (Wildman–Crippen MR) is 184 cm³/mol. The van der Waals surface area contributed by atoms with Crippen LogP contribution in [0.2, 0.25) is 0 Å². The summed E-state index contributed by atoms with van der Waals surface area (Å²) in [5.41, 5.74) is 10.3. The summed E-state index contributed by atoms with van der Waals surface area (Å²) < 4.78 is 16.1. The molecule has 0 saturated heterocycles. The highest BCUT2D eigenvalue weighted by atomic mass is 79.9. The lowest BCUT2D eigenvalue weighted by Gasteiger charge is -2.19. The smallest absolute Gasteiger partial charge is 0.488 e. The molecule has 236 valence electrons. The number of amides is 1. The zero-order chi connectivity index (χ0) is 31.8. The van der Waals surface area contributed by atoms with Gasteiger partial charge in [-0.1, -0.05) is 82.7 Å². The molecule has 0 aromatic heterocycles. The van der Waals surface area contributed by atoms with Crippen LogP contribution in [0.15, 0.2) is 102 Å². The standard InChI is InChI=1S/C14H15NO.C12H16BrNO2.C7H9BO3.ClH/c1-16-13-8-6-11(7-9-13)14-5-3-2-4-12(14)10-15;1-12(2,3)16-11(15)14-8-9-6-4-5-7-10(9)13;1-11-7-4-2-6(3-5-7)8(9)10;/h2-9H,10,15H2,1H3;4-7H,8H2,1-3H3,(H,14,15);2-5,9-10H,1H3;1H. The summed E-state index contributed by atoms with van der Waals surface area (Å²) in [4.78, 5) is 11.4. The summed E-state index contributed by atoms with van der Waals surface area (Å²) in [7, 11) is 1.83. The second kappa shape index (κ2) is 19.7. The summed E-state index contributed by atoms with van der Waals surface area (Å²) in [6, 6.07) is 30.5. The van der Waals surface area contributed by atoms with Crippen molar-refractivity contribution < 1.29 is 29.1 Å². The lowest BCUT2D eigenvalue weighted by molar-refractivity contribution is 0.0523. The lowest BCUT2D eigenvalue weighted by atomic mass is 9.80. The van der Waals surface area contributed by atoms with Crippen molar-refractivity contribution in [2.75, 3.05) is 14.2 Å². The number of alkyl carbamates (subject to hydrolysis) is 1. The first-order valence-electron chi connectivity index (χ1n) is 13.6. The Morgan fingerprint density at radius 1 is 0.818 bits per heavy atom. The van der Waals surface area contributed by atoms with Crippen molar-refractivity contribution in [2.24, 2.45) is 5.73 Å². The van der Waals surface area contributed by atoms with E-state index in [2.05, 4.69) is 33.4 Å². The van der Waals surface area contributed by atoms with Gasteiger partial charge >= 0.3 is 13.2 Å². The van der Waals surface area contributed by atoms with Crippen LogP contribution in [-0.2, 0) is 17.8 Å². The number of carbonyl (C=O) groups excluding carboxylic acids is 1. The third-order valence-corrected chi connectivity index (χ3v) is 6.61. The summed E-state index contributed by atoms with van der Waals surface area (Å²) in [6.45, 7) is 6.53. The topological polar surface area (TPSA) is 123 Å². The lowest BCUT2D eigenvalue weighted by Crippen LogP contribution is -2.32. The van der Waals surface area contributed by atoms with Crippen LogP contribution in [0.25, 0.3) is 11.1 Å². The van der Waals surface area contributed by atoms with Gasteiger partial charge in [-0.15, -0.1) is 12.4 Å². The fourth-order valence-electron chi connectivity index (χ4n) is 3.65. The van der Waals surface area contributed by atoms with Gasteiger partial charge in [-0.25, -0.2) is 4.79 Å². The van der Waals surface area contributed by atoms with Gasteiger partial charge in [0.2, 0.25) is 0 Å². The minimum absolute atomic E-state index is 0. The van der Waals surface area contributed by atoms with E-state index in [0.717, 1.165) is 21.3 Å². The van der Waals surface area contributed by atoms with E-state index >= 15 is 0 Å². The number of rotatable bonds is 7. The number of nitrogens with two attached hydrogens (primary N) is 1. The number of benzene rings is 4. The van der Waals surface area contributed by atoms with E-state index < -0.39 is 18.8 Å². The third kappa shape index (κ3) is 13.8. The average molecular weight is 688 g/mol. The van der Waals surface area contributed by atoms with Gasteiger partial charge in [0, 0.05) is 17.6 Å². The maximum atomic E-state index is 11.4. The van der Waals surface area contributed by atoms with Crippen LogP contribution in [0.1, 0.15) is 31.9 Å². The Morgan fingerprint density at radius 2 is 1.32 bits per heavy atom. The van der Waals surface area contributed by atoms with Crippen LogP contribution in [0.4, 0.5) is 4.79 Å². The Morgan fingerprint density at radius 3 is 1.80 bits per heavy atom. The fraction of sp³-hybridized carbons (Fsp3) is 0.242. The summed E-state index contributed by atoms with van der Waals surface area (Å²) in [5.74, 6) is 1.57. The molecule has 0 aliphatic heterocycles. The van der Waals surface area contributed by atoms with Crippen LogP contribution < -0.4 is 26.0 Å². The van der Waals surface area contributed by atoms with Crippen molar-refractivity contribution >= 4 is 47.0 Å². The highest BCUT2D eigenvalue weighted by Crippen LogP contribution is 2.25. The quantitative estimate of drug-likeness (QED) is 0.174. The third-order valence-electron chi connectivity index (χ3n) is 5.83. The fourth-order valence-corrected chi connectivity index (χ4v) is 4.07. The molecule has 0 fully saturated rings. The second-order valence-corrected chi connectivity index (χ2v) is 11.0. The number of methoxy groups -OCH3 is 2. The number of hydrogen-bond donors (Lipinski definition) is 4. The van der Waals surface area contributed by atoms with Crippen LogP contribution >= 0.6 is 28.3 Å². The summed E-state index contributed by atoms with van der Waals surface area (Å²) in [5, 5.41) is 20.1. The molecular weight excluding hydrogens is 647 g/mol. The van der Waals surface area contributed by atoms with Gasteiger partial charge in [0.1, 0.15) is 17.1 Å². The van der Waals surface area contributed by atoms with E-state index in [1.807, 2.05) is 81.4 Å². The van der Waals surface area contributed by atoms with E-state index in [1.165, 1.54) is 11.1 Å². The van der Waals surface area contributed by atoms with E-state index in [-0.39, 0.29) is 12.4 Å². The Bertz CT molecular complexity index is 1400. The van der Waals surface area contributed by atoms with Gasteiger partial charge in [-0.05, 0) is 78.8 Å². The molecule has 44 heavy (non-hydrogen) atoms. The zero-order valence-corrected chi connectivity index (χ0v) is 28.0. The molecule has 0 atom stereocenters. The average Bonchev–Trinajstić information content (AvgIpc) is 3.00. The van der Waals surface area contributed by atoms with Gasteiger partial charge in [-0.2, -0.15) is 0 Å². The van der Waals surface area contributed by atoms with Gasteiger partial charge in [0.15, 0.2) is 0 Å². The Labute approximate surface area is 275 Å². The molecule has 4 aromatic carbocycles. The first-order valence-corrected chi connectivity index (χ1v) is 14.4. The number of hydrogen-bond acceptors (Lipinski definition) is 7. The molecule has 8 nitrogen and oxygen atoms in total. The Balaban J connectivity index is 0.000000333. The largest absolute Gasteiger partial charge is 0.497 e. The molecule has 0 unspecified atom stereocenters. The molecule has 0 saturated carbocycles. The molecule has 0 aliphatic rings. The maximum Gasteiger partial charge on any atom is 0.488 e. The predicted octanol–water partition coefficient (Wildman–Crippen LogP) is 6.09. The van der Waals surface area contributed by atoms with Crippen molar-refractivity contribution in [3.05, 3.63) is 113 Å². The van der Waals surface area contributed by atoms with E-state index in [1.54, 1.807) is 38.5 Å². The highest BCUT2D eigenvalue weighted by Gasteiger charge is 2.15. The number of ether oxygens (including phenoxy) is 3. The molecule has 0 radical (unpaired) electrons. The van der Waals surface area contributed by atoms with Crippen molar-refractivity contribution in [2.45, 2.75) is 39.5 Å². The molecule has 0 bridgehead atoms. The molecule has 5 N–H and O–H groups in total. The normalized spacial score (nSPS) is 10.0. The van der Waals surface area contributed by atoms with E-state index in [0.29, 0.717) is 24.3 Å². The zero-order valence-electron chi connectivity index (χ0n) is 25.6. The van der Waals surface area contributed by atoms with Gasteiger partial charge in [-0.3, -0.25) is 0 Å². The number of nitrogens with one attached hydrogen (secondary N) is 1. The second-order valence-electron chi connectivity index (χ2n) is 10.2. The molecule has 0 heterocycles. The molecule has 11 heteroatoms. The minimum atomic E-state index is -1.40. The van der Waals surface area contributed by atoms with Crippen molar-refractivity contribution in [3.63, 3.8) is 0 Å². The highest BCUT2D eigenvalue weighted by molar-refractivity contribution is 9.10. The molecule has 4 rings (SSSR count). The Kier molecular flexibility index (Phi) is 17.2. The van der Waals surface area contributed by atoms with E-state index in [9.17, 15) is 4.79 Å². The van der Waals surface area contributed by atoms with Crippen LogP contribution in [-0.4, -0.2) is 43.1 Å². The maximum absolute atomic E-state index is 11.4. The van der Waals surface area contributed by atoms with E-state index in [4.69, 9.17) is 30.0 Å². The van der Waals surface area contributed by atoms with Gasteiger partial charge in [0.05, 0.1) is 14.2 Å². The molecule has 0 spiro atoms. The minimum Gasteiger partial charge on any atom is -0.497 e. The number of halogens is 2. The van der Waals surface area contributed by atoms with Crippen molar-refractivity contribution in [1.29, 1.82) is 0 Å². The van der Waals surface area contributed by atoms with Crippen molar-refractivity contribution in [3.8, 4) is 22.6 Å². The van der Waals surface area contributed by atoms with Crippen LogP contribution in [0.5, 0.6) is 11.5 Å². The SMILES string of the molecule is CC(C)(C)OC(=O)NCc1ccccc1Br.COc1ccc(-c2ccccc2CN)cc1.COc1ccc(B(O)O)cc1.Cl. The molecule has 0 aliphatic carbocycles. The summed E-state index contributed by atoms with van der Waals surface area (Å²) >= 11 is 3.42. The Hall–Kier alpha value is -3.54. The molecule has 1 amide bonds. The molecular formula is C33H41BBrClN2O6. The van der Waals surface area contributed by atoms with Crippen LogP contribution in [0.3, 0.4) is 0 Å². The van der Waals surface area contributed by atoms with Crippen LogP contribution in [0, 0.1) is 0 Å². The monoisotopic (exact) mass is 686 g/mol. The van der Waals surface area contributed by atoms with Crippen molar-refractivity contribution in [1.82, 2.24) is 5.32 Å². The summed E-state index contributed by atoms with van der Waals surface area (Å²) in [6.07, 6.45) is -0.400. The van der Waals surface area contributed by atoms with Gasteiger partial charge < -0.3 is 35.3 Å². The first-order chi connectivity index (χ1) is 20.5.